The van der Waals surface area contributed by atoms with Gasteiger partial charge in [0.05, 0.1) is 0 Å². The minimum atomic E-state index is -3.21. The molecule has 0 amide bonds. The van der Waals surface area contributed by atoms with Crippen LogP contribution in [0.5, 0.6) is 5.75 Å². The van der Waals surface area contributed by atoms with E-state index in [2.05, 4.69) is 4.74 Å². The zero-order valence-electron chi connectivity index (χ0n) is 12.1. The third-order valence-corrected chi connectivity index (χ3v) is 3.48. The van der Waals surface area contributed by atoms with Gasteiger partial charge in [-0.25, -0.2) is 4.79 Å². The maximum atomic E-state index is 12.7. The predicted octanol–water partition coefficient (Wildman–Crippen LogP) is 3.39. The van der Waals surface area contributed by atoms with Crippen LogP contribution in [0.2, 0.25) is 0 Å². The maximum absolute atomic E-state index is 12.7. The van der Waals surface area contributed by atoms with Gasteiger partial charge in [0.25, 0.3) is 5.60 Å². The first-order valence-corrected chi connectivity index (χ1v) is 7.09. The summed E-state index contributed by atoms with van der Waals surface area (Å²) in [5.74, 6) is -3.47. The van der Waals surface area contributed by atoms with Gasteiger partial charge in [0.15, 0.2) is 0 Å². The lowest BCUT2D eigenvalue weighted by molar-refractivity contribution is -0.275. The Morgan fingerprint density at radius 1 is 1.32 bits per heavy atom. The van der Waals surface area contributed by atoms with E-state index in [9.17, 15) is 18.7 Å². The molecule has 2 unspecified atom stereocenters. The molecule has 1 aromatic rings. The normalized spacial score (nSPS) is 26.9. The van der Waals surface area contributed by atoms with E-state index in [1.54, 1.807) is 18.2 Å². The van der Waals surface area contributed by atoms with Crippen LogP contribution in [-0.4, -0.2) is 29.3 Å². The number of halogens is 2. The first kappa shape index (κ1) is 16.6. The monoisotopic (exact) mass is 316 g/mol. The van der Waals surface area contributed by atoms with Crippen molar-refractivity contribution in [2.24, 2.45) is 0 Å². The number of rotatable bonds is 9. The van der Waals surface area contributed by atoms with Crippen molar-refractivity contribution in [2.45, 2.75) is 50.8 Å². The Morgan fingerprint density at radius 2 is 2.00 bits per heavy atom. The molecule has 1 saturated heterocycles. The summed E-state index contributed by atoms with van der Waals surface area (Å²) >= 11 is 0. The number of alkyl halides is 2. The Kier molecular flexibility index (Phi) is 4.97. The van der Waals surface area contributed by atoms with Crippen LogP contribution >= 0.6 is 0 Å². The number of unbranched alkanes of at least 4 members (excludes halogenated alkanes) is 2. The van der Waals surface area contributed by atoms with Crippen LogP contribution in [0.1, 0.15) is 32.6 Å². The Balaban J connectivity index is 2.21. The number of hydrogen-bond donors (Lipinski definition) is 1. The Bertz CT molecular complexity index is 510. The molecule has 0 radical (unpaired) electrons. The van der Waals surface area contributed by atoms with Gasteiger partial charge in [-0.3, -0.25) is 9.47 Å². The molecule has 1 N–H and O–H groups in total. The van der Waals surface area contributed by atoms with Gasteiger partial charge in [-0.05, 0) is 25.0 Å². The fourth-order valence-corrected chi connectivity index (χ4v) is 2.32. The number of para-hydroxylation sites is 1. The molecular formula is C15H18F2O5. The number of carbonyl (C=O) groups is 1. The fourth-order valence-electron chi connectivity index (χ4n) is 2.32. The molecule has 2 atom stereocenters. The average molecular weight is 316 g/mol. The number of epoxide rings is 1. The Hall–Kier alpha value is -1.73. The second-order valence-corrected chi connectivity index (χ2v) is 5.04. The summed E-state index contributed by atoms with van der Waals surface area (Å²) in [5, 5.41) is 9.40. The highest BCUT2D eigenvalue weighted by Crippen LogP contribution is 2.54. The minimum Gasteiger partial charge on any atom is -0.479 e. The molecule has 7 heteroatoms. The van der Waals surface area contributed by atoms with Crippen LogP contribution < -0.4 is 4.74 Å². The van der Waals surface area contributed by atoms with Crippen molar-refractivity contribution in [1.29, 1.82) is 0 Å². The van der Waals surface area contributed by atoms with Crippen LogP contribution in [0.25, 0.3) is 0 Å². The highest BCUT2D eigenvalue weighted by Gasteiger charge is 2.81. The van der Waals surface area contributed by atoms with Gasteiger partial charge >= 0.3 is 18.6 Å². The molecule has 0 saturated carbocycles. The smallest absolute Gasteiger partial charge is 0.375 e. The standard InChI is InChI=1S/C15H18F2O5/c1-2-3-7-10-14(12(18)19)15(22-14,21-13(16)17)20-11-8-5-4-6-9-11/h4-6,8-9,13H,2-3,7,10H2,1H3,(H,18,19). The van der Waals surface area contributed by atoms with Gasteiger partial charge in [-0.1, -0.05) is 38.0 Å². The second-order valence-electron chi connectivity index (χ2n) is 5.04. The van der Waals surface area contributed by atoms with E-state index >= 15 is 0 Å². The number of carboxylic acids is 1. The largest absolute Gasteiger partial charge is 0.479 e. The van der Waals surface area contributed by atoms with E-state index < -0.39 is 24.2 Å². The lowest BCUT2D eigenvalue weighted by Gasteiger charge is -2.18. The summed E-state index contributed by atoms with van der Waals surface area (Å²) in [6.07, 6.45) is 2.16. The summed E-state index contributed by atoms with van der Waals surface area (Å²) in [4.78, 5) is 11.5. The van der Waals surface area contributed by atoms with E-state index in [4.69, 9.17) is 9.47 Å². The zero-order chi connectivity index (χ0) is 16.2. The quantitative estimate of drug-likeness (QED) is 0.430. The number of benzene rings is 1. The van der Waals surface area contributed by atoms with E-state index in [0.717, 1.165) is 12.8 Å². The van der Waals surface area contributed by atoms with E-state index in [1.165, 1.54) is 12.1 Å². The van der Waals surface area contributed by atoms with Crippen LogP contribution in [0.15, 0.2) is 30.3 Å². The van der Waals surface area contributed by atoms with Gasteiger partial charge in [0, 0.05) is 0 Å². The van der Waals surface area contributed by atoms with Crippen LogP contribution in [0.4, 0.5) is 8.78 Å². The third-order valence-electron chi connectivity index (χ3n) is 3.48. The topological polar surface area (TPSA) is 68.3 Å². The summed E-state index contributed by atoms with van der Waals surface area (Å²) in [6.45, 7) is -1.26. The van der Waals surface area contributed by atoms with Crippen molar-refractivity contribution in [3.63, 3.8) is 0 Å². The summed E-state index contributed by atoms with van der Waals surface area (Å²) in [7, 11) is 0. The van der Waals surface area contributed by atoms with Crippen LogP contribution in [-0.2, 0) is 14.3 Å². The third kappa shape index (κ3) is 3.20. The van der Waals surface area contributed by atoms with E-state index in [1.807, 2.05) is 6.92 Å². The number of carboxylic acid groups (broad SMARTS) is 1. The van der Waals surface area contributed by atoms with Crippen LogP contribution in [0.3, 0.4) is 0 Å². The van der Waals surface area contributed by atoms with Crippen LogP contribution in [0, 0.1) is 0 Å². The van der Waals surface area contributed by atoms with Gasteiger partial charge in [0.1, 0.15) is 5.75 Å². The van der Waals surface area contributed by atoms with Gasteiger partial charge in [-0.15, -0.1) is 0 Å². The molecule has 0 bridgehead atoms. The highest BCUT2D eigenvalue weighted by molar-refractivity contribution is 5.82. The van der Waals surface area contributed by atoms with Gasteiger partial charge in [-0.2, -0.15) is 8.78 Å². The minimum absolute atomic E-state index is 0.0374. The molecule has 0 aliphatic carbocycles. The number of aliphatic carboxylic acids is 1. The predicted molar refractivity (Wildman–Crippen MR) is 72.5 cm³/mol. The molecule has 22 heavy (non-hydrogen) atoms. The maximum Gasteiger partial charge on any atom is 0.375 e. The lowest BCUT2D eigenvalue weighted by Crippen LogP contribution is -2.41. The first-order chi connectivity index (χ1) is 10.5. The number of ether oxygens (including phenoxy) is 3. The van der Waals surface area contributed by atoms with Gasteiger partial charge in [0.2, 0.25) is 0 Å². The molecule has 1 heterocycles. The molecule has 1 aromatic carbocycles. The molecule has 2 rings (SSSR count). The van der Waals surface area contributed by atoms with Crippen molar-refractivity contribution in [1.82, 2.24) is 0 Å². The first-order valence-electron chi connectivity index (χ1n) is 7.09. The van der Waals surface area contributed by atoms with Crippen molar-refractivity contribution < 1.29 is 32.9 Å². The molecule has 1 aliphatic heterocycles. The molecule has 1 aliphatic rings. The average Bonchev–Trinajstić information content (AvgIpc) is 3.07. The highest BCUT2D eigenvalue weighted by atomic mass is 19.3. The molecule has 122 valence electrons. The SMILES string of the molecule is CCCCCC1(C(=O)O)OC1(Oc1ccccc1)OC(F)F. The number of hydrogen-bond acceptors (Lipinski definition) is 4. The van der Waals surface area contributed by atoms with Crippen molar-refractivity contribution in [3.05, 3.63) is 30.3 Å². The molecular weight excluding hydrogens is 298 g/mol. The summed E-state index contributed by atoms with van der Waals surface area (Å²) in [5.41, 5.74) is -1.91. The van der Waals surface area contributed by atoms with Crippen molar-refractivity contribution >= 4 is 5.97 Å². The fraction of sp³-hybridized carbons (Fsp3) is 0.533. The molecule has 0 aromatic heterocycles. The van der Waals surface area contributed by atoms with E-state index in [0.29, 0.717) is 6.42 Å². The summed E-state index contributed by atoms with van der Waals surface area (Å²) < 4.78 is 40.2. The lowest BCUT2D eigenvalue weighted by atomic mass is 10.00. The van der Waals surface area contributed by atoms with Crippen molar-refractivity contribution in [2.75, 3.05) is 0 Å². The molecule has 0 spiro atoms. The Morgan fingerprint density at radius 3 is 2.55 bits per heavy atom. The Labute approximate surface area is 126 Å². The molecule has 1 fully saturated rings. The van der Waals surface area contributed by atoms with Gasteiger partial charge < -0.3 is 9.84 Å². The zero-order valence-corrected chi connectivity index (χ0v) is 12.1. The second kappa shape index (κ2) is 6.58. The summed E-state index contributed by atoms with van der Waals surface area (Å²) in [6, 6.07) is 8.00. The van der Waals surface area contributed by atoms with Crippen molar-refractivity contribution in [3.8, 4) is 5.75 Å². The molecule has 5 nitrogen and oxygen atoms in total. The van der Waals surface area contributed by atoms with E-state index in [-0.39, 0.29) is 12.2 Å².